The highest BCUT2D eigenvalue weighted by Crippen LogP contribution is 2.28. The number of hydrogen-bond acceptors (Lipinski definition) is 4. The summed E-state index contributed by atoms with van der Waals surface area (Å²) in [6.45, 7) is 1.93. The van der Waals surface area contributed by atoms with E-state index in [0.29, 0.717) is 5.00 Å². The number of hydrogen-bond donors (Lipinski definition) is 2. The van der Waals surface area contributed by atoms with Crippen LogP contribution in [0.1, 0.15) is 32.6 Å². The highest BCUT2D eigenvalue weighted by atomic mass is 32.1. The standard InChI is InChI=1S/C12H13N3O3S/c1-3-7-6-8(12(17)18)11(19-7)13-10(16)9-4-5-15(2)14-9/h4-6H,3H2,1-2H3,(H,13,16)(H,17,18). The summed E-state index contributed by atoms with van der Waals surface area (Å²) >= 11 is 1.27. The van der Waals surface area contributed by atoms with Gasteiger partial charge in [0.2, 0.25) is 0 Å². The lowest BCUT2D eigenvalue weighted by molar-refractivity contribution is 0.0698. The molecule has 0 saturated carbocycles. The minimum absolute atomic E-state index is 0.117. The fraction of sp³-hybridized carbons (Fsp3) is 0.250. The molecule has 1 amide bonds. The fourth-order valence-corrected chi connectivity index (χ4v) is 2.55. The maximum absolute atomic E-state index is 11.9. The van der Waals surface area contributed by atoms with Crippen LogP contribution in [-0.2, 0) is 13.5 Å². The van der Waals surface area contributed by atoms with Crippen LogP contribution >= 0.6 is 11.3 Å². The minimum Gasteiger partial charge on any atom is -0.478 e. The van der Waals surface area contributed by atoms with Crippen molar-refractivity contribution in [3.63, 3.8) is 0 Å². The minimum atomic E-state index is -1.05. The van der Waals surface area contributed by atoms with E-state index in [1.165, 1.54) is 16.0 Å². The molecule has 0 radical (unpaired) electrons. The van der Waals surface area contributed by atoms with E-state index in [2.05, 4.69) is 10.4 Å². The largest absolute Gasteiger partial charge is 0.478 e. The molecule has 7 heteroatoms. The smallest absolute Gasteiger partial charge is 0.338 e. The number of nitrogens with one attached hydrogen (secondary N) is 1. The molecule has 2 heterocycles. The Morgan fingerprint density at radius 1 is 1.53 bits per heavy atom. The Bertz CT molecular complexity index is 630. The topological polar surface area (TPSA) is 84.2 Å². The van der Waals surface area contributed by atoms with E-state index in [1.807, 2.05) is 6.92 Å². The summed E-state index contributed by atoms with van der Waals surface area (Å²) < 4.78 is 1.51. The molecule has 6 nitrogen and oxygen atoms in total. The number of aromatic carboxylic acids is 1. The van der Waals surface area contributed by atoms with Gasteiger partial charge in [-0.05, 0) is 18.6 Å². The lowest BCUT2D eigenvalue weighted by atomic mass is 10.2. The van der Waals surface area contributed by atoms with Crippen LogP contribution in [0.2, 0.25) is 0 Å². The number of anilines is 1. The highest BCUT2D eigenvalue weighted by molar-refractivity contribution is 7.16. The molecule has 2 aromatic rings. The van der Waals surface area contributed by atoms with Crippen molar-refractivity contribution < 1.29 is 14.7 Å². The van der Waals surface area contributed by atoms with Crippen molar-refractivity contribution in [2.45, 2.75) is 13.3 Å². The summed E-state index contributed by atoms with van der Waals surface area (Å²) in [6, 6.07) is 3.16. The molecule has 2 aromatic heterocycles. The van der Waals surface area contributed by atoms with Crippen LogP contribution in [0.5, 0.6) is 0 Å². The average Bonchev–Trinajstić information content (AvgIpc) is 2.95. The summed E-state index contributed by atoms with van der Waals surface area (Å²) in [7, 11) is 1.71. The van der Waals surface area contributed by atoms with Gasteiger partial charge in [0.15, 0.2) is 5.69 Å². The maximum Gasteiger partial charge on any atom is 0.338 e. The van der Waals surface area contributed by atoms with Gasteiger partial charge in [-0.3, -0.25) is 9.48 Å². The van der Waals surface area contributed by atoms with Crippen molar-refractivity contribution >= 4 is 28.2 Å². The second-order valence-corrected chi connectivity index (χ2v) is 5.08. The van der Waals surface area contributed by atoms with E-state index in [1.54, 1.807) is 25.4 Å². The van der Waals surface area contributed by atoms with E-state index in [-0.39, 0.29) is 11.3 Å². The number of amides is 1. The molecule has 0 unspecified atom stereocenters. The molecule has 0 fully saturated rings. The first-order valence-corrected chi connectivity index (χ1v) is 6.50. The van der Waals surface area contributed by atoms with Gasteiger partial charge in [-0.1, -0.05) is 6.92 Å². The first-order chi connectivity index (χ1) is 9.01. The van der Waals surface area contributed by atoms with Gasteiger partial charge in [0.05, 0.1) is 5.56 Å². The molecule has 19 heavy (non-hydrogen) atoms. The first-order valence-electron chi connectivity index (χ1n) is 5.68. The van der Waals surface area contributed by atoms with Crippen molar-refractivity contribution in [2.24, 2.45) is 7.05 Å². The number of carboxylic acid groups (broad SMARTS) is 1. The van der Waals surface area contributed by atoms with E-state index >= 15 is 0 Å². The van der Waals surface area contributed by atoms with Crippen molar-refractivity contribution in [1.29, 1.82) is 0 Å². The molecule has 0 spiro atoms. The van der Waals surface area contributed by atoms with E-state index in [9.17, 15) is 9.59 Å². The van der Waals surface area contributed by atoms with Gasteiger partial charge in [0, 0.05) is 18.1 Å². The Kier molecular flexibility index (Phi) is 3.66. The number of carboxylic acids is 1. The van der Waals surface area contributed by atoms with Gasteiger partial charge >= 0.3 is 5.97 Å². The van der Waals surface area contributed by atoms with Crippen LogP contribution < -0.4 is 5.32 Å². The van der Waals surface area contributed by atoms with E-state index in [0.717, 1.165) is 11.3 Å². The predicted molar refractivity (Wildman–Crippen MR) is 71.8 cm³/mol. The molecule has 0 aliphatic carbocycles. The van der Waals surface area contributed by atoms with Crippen molar-refractivity contribution in [2.75, 3.05) is 5.32 Å². The van der Waals surface area contributed by atoms with Crippen LogP contribution in [0.15, 0.2) is 18.3 Å². The zero-order chi connectivity index (χ0) is 14.0. The Hall–Kier alpha value is -2.15. The Labute approximate surface area is 113 Å². The third kappa shape index (κ3) is 2.82. The molecule has 0 saturated heterocycles. The molecular formula is C12H13N3O3S. The predicted octanol–water partition coefficient (Wildman–Crippen LogP) is 1.99. The van der Waals surface area contributed by atoms with Gasteiger partial charge in [-0.25, -0.2) is 4.79 Å². The Balaban J connectivity index is 2.25. The zero-order valence-corrected chi connectivity index (χ0v) is 11.3. The number of nitrogens with zero attached hydrogens (tertiary/aromatic N) is 2. The van der Waals surface area contributed by atoms with Gasteiger partial charge < -0.3 is 10.4 Å². The molecule has 2 N–H and O–H groups in total. The molecule has 0 aromatic carbocycles. The third-order valence-electron chi connectivity index (χ3n) is 2.54. The lowest BCUT2D eigenvalue weighted by Crippen LogP contribution is -2.14. The number of aromatic nitrogens is 2. The lowest BCUT2D eigenvalue weighted by Gasteiger charge is -2.01. The molecule has 0 aliphatic rings. The fourth-order valence-electron chi connectivity index (χ4n) is 1.57. The monoisotopic (exact) mass is 279 g/mol. The van der Waals surface area contributed by atoms with Crippen LogP contribution in [0.4, 0.5) is 5.00 Å². The molecular weight excluding hydrogens is 266 g/mol. The molecule has 2 rings (SSSR count). The molecule has 0 bridgehead atoms. The summed E-state index contributed by atoms with van der Waals surface area (Å²) in [5.74, 6) is -1.46. The summed E-state index contributed by atoms with van der Waals surface area (Å²) in [5, 5.41) is 16.0. The normalized spacial score (nSPS) is 10.4. The summed E-state index contributed by atoms with van der Waals surface area (Å²) in [6.07, 6.45) is 2.38. The van der Waals surface area contributed by atoms with Gasteiger partial charge in [-0.15, -0.1) is 11.3 Å². The zero-order valence-electron chi connectivity index (χ0n) is 10.5. The molecule has 100 valence electrons. The van der Waals surface area contributed by atoms with Gasteiger partial charge in [0.25, 0.3) is 5.91 Å². The van der Waals surface area contributed by atoms with Gasteiger partial charge in [-0.2, -0.15) is 5.10 Å². The van der Waals surface area contributed by atoms with Crippen LogP contribution in [0, 0.1) is 0 Å². The third-order valence-corrected chi connectivity index (χ3v) is 3.73. The number of rotatable bonds is 4. The first kappa shape index (κ1) is 13.3. The van der Waals surface area contributed by atoms with Crippen LogP contribution in [0.25, 0.3) is 0 Å². The van der Waals surface area contributed by atoms with E-state index in [4.69, 9.17) is 5.11 Å². The number of carbonyl (C=O) groups excluding carboxylic acids is 1. The van der Waals surface area contributed by atoms with Gasteiger partial charge in [0.1, 0.15) is 5.00 Å². The summed E-state index contributed by atoms with van der Waals surface area (Å²) in [4.78, 5) is 23.9. The number of thiophene rings is 1. The second-order valence-electron chi connectivity index (χ2n) is 3.94. The quantitative estimate of drug-likeness (QED) is 0.896. The Morgan fingerprint density at radius 2 is 2.26 bits per heavy atom. The van der Waals surface area contributed by atoms with E-state index < -0.39 is 11.9 Å². The van der Waals surface area contributed by atoms with Crippen molar-refractivity contribution in [3.05, 3.63) is 34.5 Å². The second kappa shape index (κ2) is 5.23. The van der Waals surface area contributed by atoms with Crippen molar-refractivity contribution in [1.82, 2.24) is 9.78 Å². The highest BCUT2D eigenvalue weighted by Gasteiger charge is 2.18. The number of aryl methyl sites for hydroxylation is 2. The van der Waals surface area contributed by atoms with Crippen molar-refractivity contribution in [3.8, 4) is 0 Å². The Morgan fingerprint density at radius 3 is 2.79 bits per heavy atom. The molecule has 0 atom stereocenters. The average molecular weight is 279 g/mol. The summed E-state index contributed by atoms with van der Waals surface area (Å²) in [5.41, 5.74) is 0.372. The molecule has 0 aliphatic heterocycles. The van der Waals surface area contributed by atoms with Crippen LogP contribution in [-0.4, -0.2) is 26.8 Å². The maximum atomic E-state index is 11.9. The number of carbonyl (C=O) groups is 2. The SMILES string of the molecule is CCc1cc(C(=O)O)c(NC(=O)c2ccn(C)n2)s1. The van der Waals surface area contributed by atoms with Crippen LogP contribution in [0.3, 0.4) is 0 Å².